The second kappa shape index (κ2) is 5.87. The molecule has 0 spiro atoms. The number of sulfone groups is 1. The summed E-state index contributed by atoms with van der Waals surface area (Å²) in [6.07, 6.45) is 1.21. The summed E-state index contributed by atoms with van der Waals surface area (Å²) in [4.78, 5) is 0. The molecule has 0 radical (unpaired) electrons. The Morgan fingerprint density at radius 1 is 1.31 bits per heavy atom. The van der Waals surface area contributed by atoms with Crippen LogP contribution in [0.25, 0.3) is 0 Å². The topological polar surface area (TPSA) is 46.2 Å². The minimum Gasteiger partial charge on any atom is -0.312 e. The van der Waals surface area contributed by atoms with Gasteiger partial charge in [-0.1, -0.05) is 35.3 Å². The van der Waals surface area contributed by atoms with E-state index < -0.39 is 9.84 Å². The van der Waals surface area contributed by atoms with Crippen LogP contribution in [-0.2, 0) is 16.4 Å². The van der Waals surface area contributed by atoms with Crippen LogP contribution in [0.15, 0.2) is 18.2 Å². The molecule has 0 atom stereocenters. The predicted molar refractivity (Wildman–Crippen MR) is 67.9 cm³/mol. The Kier molecular flexibility index (Phi) is 5.05. The highest BCUT2D eigenvalue weighted by atomic mass is 35.5. The summed E-state index contributed by atoms with van der Waals surface area (Å²) in [6.45, 7) is 0.913. The van der Waals surface area contributed by atoms with Crippen molar-refractivity contribution in [2.75, 3.05) is 18.6 Å². The molecule has 1 aromatic carbocycles. The van der Waals surface area contributed by atoms with Crippen molar-refractivity contribution in [1.82, 2.24) is 5.32 Å². The van der Waals surface area contributed by atoms with E-state index in [1.54, 1.807) is 6.07 Å². The molecule has 1 rings (SSSR count). The van der Waals surface area contributed by atoms with Crippen molar-refractivity contribution in [3.8, 4) is 0 Å². The van der Waals surface area contributed by atoms with Gasteiger partial charge < -0.3 is 5.32 Å². The van der Waals surface area contributed by atoms with E-state index in [9.17, 15) is 8.42 Å². The van der Waals surface area contributed by atoms with Crippen molar-refractivity contribution in [2.24, 2.45) is 0 Å². The molecule has 0 aliphatic carbocycles. The summed E-state index contributed by atoms with van der Waals surface area (Å²) in [5.74, 6) is 0.116. The van der Waals surface area contributed by atoms with Crippen LogP contribution in [-0.4, -0.2) is 27.0 Å². The van der Waals surface area contributed by atoms with Crippen LogP contribution >= 0.6 is 23.2 Å². The van der Waals surface area contributed by atoms with Gasteiger partial charge in [0.2, 0.25) is 0 Å². The first kappa shape index (κ1) is 13.8. The van der Waals surface area contributed by atoms with E-state index >= 15 is 0 Å². The molecular weight excluding hydrogens is 269 g/mol. The quantitative estimate of drug-likeness (QED) is 0.841. The van der Waals surface area contributed by atoms with Gasteiger partial charge in [0.1, 0.15) is 9.84 Å². The van der Waals surface area contributed by atoms with Gasteiger partial charge in [0.15, 0.2) is 0 Å². The molecular formula is C10H13Cl2NO2S. The van der Waals surface area contributed by atoms with E-state index in [2.05, 4.69) is 5.32 Å². The summed E-state index contributed by atoms with van der Waals surface area (Å²) < 4.78 is 21.8. The lowest BCUT2D eigenvalue weighted by Crippen LogP contribution is -2.22. The molecule has 16 heavy (non-hydrogen) atoms. The zero-order valence-electron chi connectivity index (χ0n) is 8.83. The van der Waals surface area contributed by atoms with Gasteiger partial charge in [0, 0.05) is 19.3 Å². The molecule has 0 saturated carbocycles. The Labute approximate surface area is 106 Å². The molecule has 0 fully saturated rings. The fraction of sp³-hybridized carbons (Fsp3) is 0.400. The number of benzene rings is 1. The first-order chi connectivity index (χ1) is 7.40. The van der Waals surface area contributed by atoms with E-state index in [4.69, 9.17) is 23.2 Å². The number of hydrogen-bond donors (Lipinski definition) is 1. The maximum absolute atomic E-state index is 10.9. The van der Waals surface area contributed by atoms with Crippen molar-refractivity contribution in [2.45, 2.75) is 6.54 Å². The van der Waals surface area contributed by atoms with Crippen molar-refractivity contribution >= 4 is 33.0 Å². The Bertz CT molecular complexity index is 460. The van der Waals surface area contributed by atoms with Crippen molar-refractivity contribution in [3.63, 3.8) is 0 Å². The van der Waals surface area contributed by atoms with Crippen LogP contribution in [0.2, 0.25) is 10.0 Å². The van der Waals surface area contributed by atoms with Crippen LogP contribution in [0, 0.1) is 0 Å². The van der Waals surface area contributed by atoms with Crippen LogP contribution in [0.1, 0.15) is 5.56 Å². The van der Waals surface area contributed by atoms with E-state index in [1.165, 1.54) is 6.26 Å². The molecule has 3 nitrogen and oxygen atoms in total. The first-order valence-electron chi connectivity index (χ1n) is 4.71. The average molecular weight is 282 g/mol. The van der Waals surface area contributed by atoms with Crippen LogP contribution in [0.3, 0.4) is 0 Å². The number of nitrogens with one attached hydrogen (secondary N) is 1. The molecule has 0 aliphatic heterocycles. The lowest BCUT2D eigenvalue weighted by atomic mass is 10.2. The second-order valence-corrected chi connectivity index (χ2v) is 6.56. The Hall–Kier alpha value is -0.290. The third-order valence-corrected chi connectivity index (χ3v) is 3.80. The summed E-state index contributed by atoms with van der Waals surface area (Å²) in [6, 6.07) is 5.37. The molecule has 1 aromatic rings. The number of halogens is 2. The zero-order valence-corrected chi connectivity index (χ0v) is 11.2. The number of hydrogen-bond acceptors (Lipinski definition) is 3. The van der Waals surface area contributed by atoms with Gasteiger partial charge in [0.25, 0.3) is 0 Å². The van der Waals surface area contributed by atoms with Crippen molar-refractivity contribution in [3.05, 3.63) is 33.8 Å². The van der Waals surface area contributed by atoms with Crippen LogP contribution in [0.4, 0.5) is 0 Å². The standard InChI is InChI=1S/C10H13Cl2NO2S/c1-16(14,15)6-5-13-7-8-3-2-4-9(11)10(8)12/h2-4,13H,5-7H2,1H3. The summed E-state index contributed by atoms with van der Waals surface area (Å²) >= 11 is 11.8. The highest BCUT2D eigenvalue weighted by Gasteiger charge is 2.05. The predicted octanol–water partition coefficient (Wildman–Crippen LogP) is 2.13. The Morgan fingerprint density at radius 2 is 2.00 bits per heavy atom. The molecule has 0 bridgehead atoms. The maximum atomic E-state index is 10.9. The highest BCUT2D eigenvalue weighted by molar-refractivity contribution is 7.90. The second-order valence-electron chi connectivity index (χ2n) is 3.52. The minimum absolute atomic E-state index is 0.116. The van der Waals surface area contributed by atoms with E-state index in [-0.39, 0.29) is 5.75 Å². The van der Waals surface area contributed by atoms with Gasteiger partial charge in [-0.15, -0.1) is 0 Å². The molecule has 90 valence electrons. The van der Waals surface area contributed by atoms with Crippen LogP contribution < -0.4 is 5.32 Å². The largest absolute Gasteiger partial charge is 0.312 e. The fourth-order valence-electron chi connectivity index (χ4n) is 1.17. The summed E-state index contributed by atoms with van der Waals surface area (Å²) in [5.41, 5.74) is 0.864. The molecule has 0 aromatic heterocycles. The van der Waals surface area contributed by atoms with Crippen LogP contribution in [0.5, 0.6) is 0 Å². The molecule has 0 unspecified atom stereocenters. The monoisotopic (exact) mass is 281 g/mol. The first-order valence-corrected chi connectivity index (χ1v) is 7.53. The lowest BCUT2D eigenvalue weighted by molar-refractivity contribution is 0.596. The SMILES string of the molecule is CS(=O)(=O)CCNCc1cccc(Cl)c1Cl. The molecule has 0 amide bonds. The third kappa shape index (κ3) is 4.70. The van der Waals surface area contributed by atoms with Crippen molar-refractivity contribution in [1.29, 1.82) is 0 Å². The minimum atomic E-state index is -2.92. The van der Waals surface area contributed by atoms with Gasteiger partial charge in [-0.25, -0.2) is 8.42 Å². The molecule has 0 saturated heterocycles. The van der Waals surface area contributed by atoms with Gasteiger partial charge in [-0.05, 0) is 11.6 Å². The van der Waals surface area contributed by atoms with E-state index in [0.717, 1.165) is 5.56 Å². The third-order valence-electron chi connectivity index (χ3n) is 2.00. The normalized spacial score (nSPS) is 11.7. The van der Waals surface area contributed by atoms with Gasteiger partial charge in [-0.3, -0.25) is 0 Å². The highest BCUT2D eigenvalue weighted by Crippen LogP contribution is 2.25. The molecule has 0 heterocycles. The van der Waals surface area contributed by atoms with E-state index in [1.807, 2.05) is 12.1 Å². The molecule has 0 aliphatic rings. The van der Waals surface area contributed by atoms with Gasteiger partial charge in [0.05, 0.1) is 15.8 Å². The summed E-state index contributed by atoms with van der Waals surface area (Å²) in [7, 11) is -2.92. The zero-order chi connectivity index (χ0) is 12.2. The Balaban J connectivity index is 2.47. The lowest BCUT2D eigenvalue weighted by Gasteiger charge is -2.07. The fourth-order valence-corrected chi connectivity index (χ4v) is 2.07. The van der Waals surface area contributed by atoms with E-state index in [0.29, 0.717) is 23.1 Å². The molecule has 1 N–H and O–H groups in total. The summed E-state index contributed by atoms with van der Waals surface area (Å²) in [5, 5.41) is 4.02. The maximum Gasteiger partial charge on any atom is 0.148 e. The molecule has 6 heteroatoms. The number of rotatable bonds is 5. The van der Waals surface area contributed by atoms with Gasteiger partial charge >= 0.3 is 0 Å². The smallest absolute Gasteiger partial charge is 0.148 e. The van der Waals surface area contributed by atoms with Gasteiger partial charge in [-0.2, -0.15) is 0 Å². The Morgan fingerprint density at radius 3 is 2.62 bits per heavy atom. The average Bonchev–Trinajstić information content (AvgIpc) is 2.17. The van der Waals surface area contributed by atoms with Crippen molar-refractivity contribution < 1.29 is 8.42 Å².